The van der Waals surface area contributed by atoms with Crippen LogP contribution in [0.5, 0.6) is 17.2 Å². The second kappa shape index (κ2) is 6.47. The lowest BCUT2D eigenvalue weighted by molar-refractivity contribution is -0.118. The van der Waals surface area contributed by atoms with Gasteiger partial charge in [0.15, 0.2) is 11.5 Å². The van der Waals surface area contributed by atoms with Crippen LogP contribution in [0.15, 0.2) is 16.9 Å². The molecule has 2 aromatic rings. The van der Waals surface area contributed by atoms with E-state index in [1.54, 1.807) is 19.1 Å². The molecule has 5 N–H and O–H groups in total. The summed E-state index contributed by atoms with van der Waals surface area (Å²) >= 11 is 0. The third-order valence-corrected chi connectivity index (χ3v) is 3.67. The van der Waals surface area contributed by atoms with Crippen LogP contribution < -0.4 is 20.8 Å². The largest absolute Gasteiger partial charge is 0.502 e. The molecule has 0 radical (unpaired) electrons. The molecule has 1 atom stereocenters. The molecule has 0 aliphatic carbocycles. The van der Waals surface area contributed by atoms with Crippen molar-refractivity contribution in [3.05, 3.63) is 39.3 Å². The second-order valence-electron chi connectivity index (χ2n) is 5.11. The number of phenols is 1. The van der Waals surface area contributed by atoms with E-state index in [0.717, 1.165) is 0 Å². The zero-order chi connectivity index (χ0) is 17.1. The molecule has 0 saturated carbocycles. The molecule has 1 unspecified atom stereocenters. The molecule has 1 aromatic carbocycles. The van der Waals surface area contributed by atoms with Crippen LogP contribution in [0, 0.1) is 6.92 Å². The number of nitrogens with one attached hydrogen (secondary N) is 2. The number of carbonyl (C=O) groups is 1. The number of aromatic nitrogens is 2. The number of rotatable bonds is 6. The summed E-state index contributed by atoms with van der Waals surface area (Å²) in [5.74, 6) is -0.944. The zero-order valence-corrected chi connectivity index (χ0v) is 13.1. The Morgan fingerprint density at radius 2 is 1.83 bits per heavy atom. The topological polar surface area (TPSA) is 130 Å². The van der Waals surface area contributed by atoms with Gasteiger partial charge in [0.2, 0.25) is 11.7 Å². The fourth-order valence-electron chi connectivity index (χ4n) is 2.58. The summed E-state index contributed by atoms with van der Waals surface area (Å²) in [5, 5.41) is 15.2. The molecule has 0 bridgehead atoms. The van der Waals surface area contributed by atoms with Gasteiger partial charge in [-0.15, -0.1) is 0 Å². The number of aromatic amines is 2. The number of H-pyrrole nitrogens is 2. The number of hydrogen-bond donors (Lipinski definition) is 4. The third-order valence-electron chi connectivity index (χ3n) is 3.67. The van der Waals surface area contributed by atoms with Crippen molar-refractivity contribution < 1.29 is 19.4 Å². The highest BCUT2D eigenvalue weighted by atomic mass is 16.5. The van der Waals surface area contributed by atoms with Gasteiger partial charge in [-0.3, -0.25) is 14.7 Å². The first kappa shape index (κ1) is 16.5. The van der Waals surface area contributed by atoms with Crippen LogP contribution in [0.2, 0.25) is 0 Å². The van der Waals surface area contributed by atoms with Gasteiger partial charge in [0.25, 0.3) is 5.56 Å². The van der Waals surface area contributed by atoms with Gasteiger partial charge in [0, 0.05) is 23.6 Å². The number of hydrogen-bond acceptors (Lipinski definition) is 5. The van der Waals surface area contributed by atoms with E-state index in [1.165, 1.54) is 14.2 Å². The van der Waals surface area contributed by atoms with E-state index in [0.29, 0.717) is 16.8 Å². The van der Waals surface area contributed by atoms with Crippen molar-refractivity contribution in [2.24, 2.45) is 5.73 Å². The van der Waals surface area contributed by atoms with E-state index in [1.807, 2.05) is 0 Å². The van der Waals surface area contributed by atoms with Gasteiger partial charge in [0.1, 0.15) is 0 Å². The zero-order valence-electron chi connectivity index (χ0n) is 13.1. The van der Waals surface area contributed by atoms with Crippen molar-refractivity contribution in [3.8, 4) is 17.2 Å². The molecule has 1 amide bonds. The van der Waals surface area contributed by atoms with E-state index in [2.05, 4.69) is 10.2 Å². The van der Waals surface area contributed by atoms with Gasteiger partial charge >= 0.3 is 0 Å². The first-order valence-corrected chi connectivity index (χ1v) is 6.89. The predicted octanol–water partition coefficient (Wildman–Crippen LogP) is 0.742. The number of methoxy groups -OCH3 is 2. The monoisotopic (exact) mass is 321 g/mol. The predicted molar refractivity (Wildman–Crippen MR) is 83.0 cm³/mol. The van der Waals surface area contributed by atoms with Gasteiger partial charge < -0.3 is 25.4 Å². The molecule has 0 aliphatic rings. The Morgan fingerprint density at radius 1 is 1.26 bits per heavy atom. The van der Waals surface area contributed by atoms with E-state index in [9.17, 15) is 14.7 Å². The number of aryl methyl sites for hydroxylation is 1. The molecule has 8 heteroatoms. The van der Waals surface area contributed by atoms with Crippen molar-refractivity contribution in [3.63, 3.8) is 0 Å². The van der Waals surface area contributed by atoms with Crippen LogP contribution in [-0.4, -0.2) is 35.4 Å². The van der Waals surface area contributed by atoms with Gasteiger partial charge in [0.05, 0.1) is 14.2 Å². The summed E-state index contributed by atoms with van der Waals surface area (Å²) in [5.41, 5.74) is 6.58. The smallest absolute Gasteiger partial charge is 0.267 e. The highest BCUT2D eigenvalue weighted by molar-refractivity contribution is 5.75. The van der Waals surface area contributed by atoms with Crippen LogP contribution in [-0.2, 0) is 4.79 Å². The molecule has 1 aromatic heterocycles. The number of primary amides is 1. The molecule has 0 aliphatic heterocycles. The van der Waals surface area contributed by atoms with Crippen LogP contribution in [0.25, 0.3) is 0 Å². The van der Waals surface area contributed by atoms with Gasteiger partial charge in [-0.05, 0) is 24.6 Å². The number of ether oxygens (including phenoxy) is 2. The SMILES string of the molecule is COc1cc(C(CC(N)=O)c2c(C)[nH][nH]c2=O)cc(OC)c1O. The average Bonchev–Trinajstić information content (AvgIpc) is 2.84. The minimum atomic E-state index is -0.592. The van der Waals surface area contributed by atoms with Crippen molar-refractivity contribution in [2.75, 3.05) is 14.2 Å². The standard InChI is InChI=1S/C15H19N3O5/c1-7-13(15(21)18-17-7)9(6-12(16)19)8-4-10(22-2)14(20)11(5-8)23-3/h4-5,9,20H,6H2,1-3H3,(H2,16,19)(H2,17,18,21). The van der Waals surface area contributed by atoms with E-state index >= 15 is 0 Å². The number of phenolic OH excluding ortho intramolecular Hbond substituents is 1. The van der Waals surface area contributed by atoms with Crippen LogP contribution in [0.4, 0.5) is 0 Å². The molecular formula is C15H19N3O5. The van der Waals surface area contributed by atoms with Crippen molar-refractivity contribution in [1.29, 1.82) is 0 Å². The lowest BCUT2D eigenvalue weighted by atomic mass is 9.88. The first-order valence-electron chi connectivity index (χ1n) is 6.89. The Labute approximate surface area is 132 Å². The molecule has 2 rings (SSSR count). The van der Waals surface area contributed by atoms with Crippen molar-refractivity contribution in [2.45, 2.75) is 19.3 Å². The van der Waals surface area contributed by atoms with Gasteiger partial charge in [-0.25, -0.2) is 0 Å². The minimum absolute atomic E-state index is 0.0706. The quantitative estimate of drug-likeness (QED) is 0.623. The lowest BCUT2D eigenvalue weighted by Crippen LogP contribution is -2.20. The van der Waals surface area contributed by atoms with Gasteiger partial charge in [-0.2, -0.15) is 0 Å². The Morgan fingerprint density at radius 3 is 2.22 bits per heavy atom. The number of benzene rings is 1. The molecular weight excluding hydrogens is 302 g/mol. The van der Waals surface area contributed by atoms with E-state index < -0.39 is 11.8 Å². The number of amides is 1. The Bertz CT molecular complexity index is 753. The fraction of sp³-hybridized carbons (Fsp3) is 0.333. The Kier molecular flexibility index (Phi) is 4.63. The van der Waals surface area contributed by atoms with Crippen LogP contribution >= 0.6 is 0 Å². The maximum absolute atomic E-state index is 12.1. The summed E-state index contributed by atoms with van der Waals surface area (Å²) < 4.78 is 10.2. The molecule has 0 spiro atoms. The highest BCUT2D eigenvalue weighted by Crippen LogP contribution is 2.41. The van der Waals surface area contributed by atoms with E-state index in [-0.39, 0.29) is 29.2 Å². The molecule has 1 heterocycles. The van der Waals surface area contributed by atoms with Crippen LogP contribution in [0.3, 0.4) is 0 Å². The summed E-state index contributed by atoms with van der Waals surface area (Å²) in [6.07, 6.45) is -0.0706. The minimum Gasteiger partial charge on any atom is -0.502 e. The molecule has 23 heavy (non-hydrogen) atoms. The fourth-order valence-corrected chi connectivity index (χ4v) is 2.58. The summed E-state index contributed by atoms with van der Waals surface area (Å²) in [6.45, 7) is 1.72. The average molecular weight is 321 g/mol. The second-order valence-corrected chi connectivity index (χ2v) is 5.11. The summed E-state index contributed by atoms with van der Waals surface area (Å²) in [7, 11) is 2.80. The number of aromatic hydroxyl groups is 1. The first-order chi connectivity index (χ1) is 10.9. The maximum atomic E-state index is 12.1. The summed E-state index contributed by atoms with van der Waals surface area (Å²) in [6, 6.07) is 3.11. The van der Waals surface area contributed by atoms with E-state index in [4.69, 9.17) is 15.2 Å². The number of carbonyl (C=O) groups excluding carboxylic acids is 1. The Hall–Kier alpha value is -2.90. The van der Waals surface area contributed by atoms with Crippen molar-refractivity contribution >= 4 is 5.91 Å². The highest BCUT2D eigenvalue weighted by Gasteiger charge is 2.25. The van der Waals surface area contributed by atoms with Gasteiger partial charge in [-0.1, -0.05) is 0 Å². The molecule has 8 nitrogen and oxygen atoms in total. The lowest BCUT2D eigenvalue weighted by Gasteiger charge is -2.18. The maximum Gasteiger partial charge on any atom is 0.267 e. The number of nitrogens with two attached hydrogens (primary N) is 1. The van der Waals surface area contributed by atoms with Crippen molar-refractivity contribution in [1.82, 2.24) is 10.2 Å². The molecule has 124 valence electrons. The third kappa shape index (κ3) is 3.15. The summed E-state index contributed by atoms with van der Waals surface area (Å²) in [4.78, 5) is 23.5. The molecule has 0 saturated heterocycles. The Balaban J connectivity index is 2.65. The normalized spacial score (nSPS) is 12.0. The molecule has 0 fully saturated rings. The van der Waals surface area contributed by atoms with Crippen LogP contribution in [0.1, 0.15) is 29.2 Å².